The van der Waals surface area contributed by atoms with Crippen LogP contribution in [0.15, 0.2) is 36.7 Å². The highest BCUT2D eigenvalue weighted by Crippen LogP contribution is 2.42. The van der Waals surface area contributed by atoms with Crippen LogP contribution < -0.4 is 9.46 Å². The molecule has 136 valence electrons. The average Bonchev–Trinajstić information content (AvgIpc) is 3.51. The molecular weight excluding hydrogens is 350 g/mol. The van der Waals surface area contributed by atoms with Crippen molar-refractivity contribution in [3.05, 3.63) is 47.8 Å². The van der Waals surface area contributed by atoms with Crippen molar-refractivity contribution in [3.8, 4) is 22.9 Å². The number of nitrogens with one attached hydrogen (secondary N) is 1. The topological polar surface area (TPSA) is 92.1 Å². The van der Waals surface area contributed by atoms with Gasteiger partial charge in [0.25, 0.3) is 0 Å². The fourth-order valence-electron chi connectivity index (χ4n) is 2.92. The third-order valence-electron chi connectivity index (χ3n) is 4.54. The Morgan fingerprint density at radius 2 is 2.12 bits per heavy atom. The van der Waals surface area contributed by atoms with E-state index in [0.717, 1.165) is 29.5 Å². The van der Waals surface area contributed by atoms with E-state index in [2.05, 4.69) is 15.8 Å². The van der Waals surface area contributed by atoms with Crippen LogP contribution in [-0.4, -0.2) is 26.3 Å². The summed E-state index contributed by atoms with van der Waals surface area (Å²) >= 11 is 0. The van der Waals surface area contributed by atoms with Gasteiger partial charge in [0.1, 0.15) is 5.75 Å². The first-order valence-electron chi connectivity index (χ1n) is 8.51. The molecule has 26 heavy (non-hydrogen) atoms. The zero-order valence-electron chi connectivity index (χ0n) is 14.8. The third kappa shape index (κ3) is 4.03. The van der Waals surface area contributed by atoms with Gasteiger partial charge >= 0.3 is 0 Å². The maximum Gasteiger partial charge on any atom is 0.211 e. The van der Waals surface area contributed by atoms with Crippen LogP contribution in [0.4, 0.5) is 0 Å². The molecule has 1 saturated carbocycles. The summed E-state index contributed by atoms with van der Waals surface area (Å²) in [6.07, 6.45) is 5.43. The Morgan fingerprint density at radius 1 is 1.35 bits per heavy atom. The van der Waals surface area contributed by atoms with E-state index in [1.54, 1.807) is 38.6 Å². The van der Waals surface area contributed by atoms with Gasteiger partial charge in [0.15, 0.2) is 0 Å². The molecule has 7 heteroatoms. The molecular formula is C19H21N3O3S. The molecule has 2 aromatic rings. The number of hydrogen-bond donors (Lipinski definition) is 1. The van der Waals surface area contributed by atoms with E-state index < -0.39 is 10.0 Å². The Morgan fingerprint density at radius 3 is 2.73 bits per heavy atom. The van der Waals surface area contributed by atoms with Crippen molar-refractivity contribution in [2.75, 3.05) is 12.9 Å². The Kier molecular flexibility index (Phi) is 5.25. The number of sulfonamides is 1. The van der Waals surface area contributed by atoms with Crippen molar-refractivity contribution in [1.29, 1.82) is 5.26 Å². The van der Waals surface area contributed by atoms with Crippen LogP contribution in [0.1, 0.15) is 36.9 Å². The molecule has 0 amide bonds. The molecule has 0 saturated heterocycles. The smallest absolute Gasteiger partial charge is 0.211 e. The van der Waals surface area contributed by atoms with Crippen molar-refractivity contribution in [2.24, 2.45) is 5.92 Å². The number of ether oxygens (including phenoxy) is 1. The monoisotopic (exact) mass is 371 g/mol. The number of nitriles is 1. The molecule has 1 aromatic carbocycles. The lowest BCUT2D eigenvalue weighted by Gasteiger charge is -2.19. The minimum atomic E-state index is -3.31. The largest absolute Gasteiger partial charge is 0.496 e. The van der Waals surface area contributed by atoms with Gasteiger partial charge in [0.05, 0.1) is 30.5 Å². The second kappa shape index (κ2) is 7.44. The van der Waals surface area contributed by atoms with Gasteiger partial charge in [0.2, 0.25) is 10.0 Å². The Labute approximate surface area is 153 Å². The lowest BCUT2D eigenvalue weighted by molar-refractivity contribution is 0.416. The van der Waals surface area contributed by atoms with Gasteiger partial charge in [-0.1, -0.05) is 0 Å². The number of hydrogen-bond acceptors (Lipinski definition) is 5. The van der Waals surface area contributed by atoms with E-state index in [1.807, 2.05) is 12.1 Å². The summed E-state index contributed by atoms with van der Waals surface area (Å²) in [6.45, 7) is 1.63. The summed E-state index contributed by atoms with van der Waals surface area (Å²) in [7, 11) is -1.75. The Balaban J connectivity index is 1.99. The van der Waals surface area contributed by atoms with E-state index >= 15 is 0 Å². The van der Waals surface area contributed by atoms with Crippen molar-refractivity contribution in [1.82, 2.24) is 9.71 Å². The molecule has 1 aromatic heterocycles. The summed E-state index contributed by atoms with van der Waals surface area (Å²) in [5, 5.41) is 9.05. The summed E-state index contributed by atoms with van der Waals surface area (Å²) in [5.74, 6) is 0.934. The van der Waals surface area contributed by atoms with E-state index in [9.17, 15) is 8.42 Å². The van der Waals surface area contributed by atoms with Gasteiger partial charge in [-0.15, -0.1) is 0 Å². The van der Waals surface area contributed by atoms with Gasteiger partial charge in [-0.25, -0.2) is 13.1 Å². The van der Waals surface area contributed by atoms with Gasteiger partial charge < -0.3 is 4.74 Å². The predicted molar refractivity (Wildman–Crippen MR) is 99.0 cm³/mol. The first kappa shape index (κ1) is 18.4. The zero-order valence-corrected chi connectivity index (χ0v) is 15.6. The average molecular weight is 371 g/mol. The molecule has 6 nitrogen and oxygen atoms in total. The van der Waals surface area contributed by atoms with Crippen LogP contribution in [0.25, 0.3) is 11.1 Å². The molecule has 0 unspecified atom stereocenters. The predicted octanol–water partition coefficient (Wildman–Crippen LogP) is 3.02. The quantitative estimate of drug-likeness (QED) is 0.808. The molecule has 1 atom stereocenters. The van der Waals surface area contributed by atoms with Gasteiger partial charge in [-0.05, 0) is 55.5 Å². The molecule has 0 spiro atoms. The van der Waals surface area contributed by atoms with E-state index in [0.29, 0.717) is 17.2 Å². The molecule has 1 heterocycles. The second-order valence-electron chi connectivity index (χ2n) is 6.37. The second-order valence-corrected chi connectivity index (χ2v) is 8.41. The summed E-state index contributed by atoms with van der Waals surface area (Å²) in [6, 6.07) is 8.99. The number of rotatable bonds is 7. The fourth-order valence-corrected chi connectivity index (χ4v) is 3.80. The fraction of sp³-hybridized carbons (Fsp3) is 0.368. The van der Waals surface area contributed by atoms with E-state index in [1.165, 1.54) is 0 Å². The highest BCUT2D eigenvalue weighted by molar-refractivity contribution is 7.89. The van der Waals surface area contributed by atoms with Gasteiger partial charge in [-0.2, -0.15) is 5.26 Å². The summed E-state index contributed by atoms with van der Waals surface area (Å²) < 4.78 is 32.3. The molecule has 1 N–H and O–H groups in total. The first-order valence-corrected chi connectivity index (χ1v) is 10.2. The van der Waals surface area contributed by atoms with Crippen LogP contribution in [0.3, 0.4) is 0 Å². The minimum Gasteiger partial charge on any atom is -0.496 e. The van der Waals surface area contributed by atoms with Crippen molar-refractivity contribution >= 4 is 10.0 Å². The Bertz CT molecular complexity index is 947. The van der Waals surface area contributed by atoms with Crippen LogP contribution in [0, 0.1) is 17.2 Å². The molecule has 0 bridgehead atoms. The van der Waals surface area contributed by atoms with E-state index in [-0.39, 0.29) is 11.8 Å². The third-order valence-corrected chi connectivity index (χ3v) is 5.91. The van der Waals surface area contributed by atoms with Crippen LogP contribution in [0.5, 0.6) is 5.75 Å². The molecule has 1 fully saturated rings. The molecule has 1 aliphatic rings. The van der Waals surface area contributed by atoms with Crippen molar-refractivity contribution in [3.63, 3.8) is 0 Å². The normalized spacial score (nSPS) is 15.3. The van der Waals surface area contributed by atoms with E-state index in [4.69, 9.17) is 10.00 Å². The maximum atomic E-state index is 12.1. The number of aromatic nitrogens is 1. The molecule has 1 aliphatic carbocycles. The number of methoxy groups -OCH3 is 1. The van der Waals surface area contributed by atoms with Gasteiger partial charge in [0, 0.05) is 23.5 Å². The van der Waals surface area contributed by atoms with Crippen LogP contribution in [-0.2, 0) is 10.0 Å². The lowest BCUT2D eigenvalue weighted by atomic mass is 9.99. The zero-order chi connectivity index (χ0) is 18.7. The van der Waals surface area contributed by atoms with Gasteiger partial charge in [-0.3, -0.25) is 4.98 Å². The standard InChI is InChI=1S/C19H21N3O3S/c1-3-26(23,24)22-19(14-5-6-14)16-9-15(11-21-12-16)17-7-4-13(10-20)8-18(17)25-2/h4,7-9,11-12,14,19,22H,3,5-6H2,1-2H3/t19-/m1/s1. The van der Waals surface area contributed by atoms with Crippen LogP contribution in [0.2, 0.25) is 0 Å². The minimum absolute atomic E-state index is 0.0484. The van der Waals surface area contributed by atoms with Crippen molar-refractivity contribution < 1.29 is 13.2 Å². The maximum absolute atomic E-state index is 12.1. The highest BCUT2D eigenvalue weighted by atomic mass is 32.2. The summed E-state index contributed by atoms with van der Waals surface area (Å²) in [4.78, 5) is 4.31. The highest BCUT2D eigenvalue weighted by Gasteiger charge is 2.35. The molecule has 0 aliphatic heterocycles. The van der Waals surface area contributed by atoms with Crippen LogP contribution >= 0.6 is 0 Å². The number of pyridine rings is 1. The molecule has 3 rings (SSSR count). The lowest BCUT2D eigenvalue weighted by Crippen LogP contribution is -2.31. The SMILES string of the molecule is CCS(=O)(=O)N[C@@H](c1cncc(-c2ccc(C#N)cc2OC)c1)C1CC1. The number of nitrogens with zero attached hydrogens (tertiary/aromatic N) is 2. The number of benzene rings is 1. The molecule has 0 radical (unpaired) electrons. The first-order chi connectivity index (χ1) is 12.5. The summed E-state index contributed by atoms with van der Waals surface area (Å²) in [5.41, 5.74) is 2.99. The Hall–Kier alpha value is -2.43. The van der Waals surface area contributed by atoms with Crippen molar-refractivity contribution in [2.45, 2.75) is 25.8 Å².